The Bertz CT molecular complexity index is 1400. The molecule has 0 radical (unpaired) electrons. The van der Waals surface area contributed by atoms with Crippen LogP contribution in [0.4, 0.5) is 0 Å². The molecule has 0 aliphatic carbocycles. The lowest BCUT2D eigenvalue weighted by Gasteiger charge is -2.08. The minimum Gasteiger partial charge on any atom is -0.397 e. The number of amides is 4. The molecule has 234 valence electrons. The molecule has 0 atom stereocenters. The van der Waals surface area contributed by atoms with Gasteiger partial charge in [-0.05, 0) is 42.9 Å². The second-order valence-electron chi connectivity index (χ2n) is 6.85. The van der Waals surface area contributed by atoms with E-state index in [-0.39, 0.29) is 42.0 Å². The van der Waals surface area contributed by atoms with E-state index in [2.05, 4.69) is 98.7 Å². The van der Waals surface area contributed by atoms with Crippen molar-refractivity contribution in [1.29, 1.82) is 0 Å². The standard InChI is InChI=1S/C10H9NO2.C8H5NO3.C5H2Br.C5H4NO.C2H6O.CH4.H4N2/c1-2-11-9(12)7-5-3-4-6-8(7)10(11)13;10-7-5-3-1-2-4-6(5)8(11)9(7)12;1-2-3-4-5-6;1-2-3-4-5-7-6;1-2-3;;1-2/h3-6H,2H2,1H3;1-4,12H;1H2;1,6H2;3H,2H2,1H3;1H4;1-2H2/q;;2*-1;;;. The Balaban J connectivity index is -0.000000502. The topological polar surface area (TPSA) is 203 Å². The second kappa shape index (κ2) is 26.7. The number of carbonyl (C=O) groups excluding carboxylic acids is 4. The molecular formula is C31H34BrN5O7-2. The lowest BCUT2D eigenvalue weighted by molar-refractivity contribution is -0.0327. The fourth-order valence-electron chi connectivity index (χ4n) is 2.87. The van der Waals surface area contributed by atoms with Gasteiger partial charge in [-0.25, -0.2) is 11.8 Å². The summed E-state index contributed by atoms with van der Waals surface area (Å²) in [5.41, 5.74) is 1.55. The summed E-state index contributed by atoms with van der Waals surface area (Å²) in [7, 11) is 0. The Kier molecular flexibility index (Phi) is 26.2. The van der Waals surface area contributed by atoms with Gasteiger partial charge in [0.25, 0.3) is 23.6 Å². The van der Waals surface area contributed by atoms with E-state index in [1.165, 1.54) is 17.0 Å². The molecular weight excluding hydrogens is 634 g/mol. The highest BCUT2D eigenvalue weighted by Crippen LogP contribution is 2.22. The molecule has 2 aromatic rings. The third kappa shape index (κ3) is 14.1. The number of aliphatic hydroxyl groups excluding tert-OH is 1. The zero-order chi connectivity index (χ0) is 33.2. The van der Waals surface area contributed by atoms with Crippen LogP contribution in [0.3, 0.4) is 0 Å². The number of fused-ring (bicyclic) bond motifs is 2. The molecule has 2 aromatic carbocycles. The van der Waals surface area contributed by atoms with Gasteiger partial charge in [-0.1, -0.05) is 37.6 Å². The first-order valence-electron chi connectivity index (χ1n) is 11.8. The fourth-order valence-corrected chi connectivity index (χ4v) is 2.97. The molecule has 2 aliphatic heterocycles. The molecule has 0 aromatic heterocycles. The van der Waals surface area contributed by atoms with Crippen LogP contribution in [0, 0.1) is 60.3 Å². The lowest BCUT2D eigenvalue weighted by atomic mass is 10.1. The number of aliphatic hydroxyl groups is 1. The average Bonchev–Trinajstić information content (AvgIpc) is 3.42. The van der Waals surface area contributed by atoms with Crippen molar-refractivity contribution < 1.29 is 34.3 Å². The van der Waals surface area contributed by atoms with Gasteiger partial charge in [0.05, 0.1) is 22.3 Å². The van der Waals surface area contributed by atoms with E-state index >= 15 is 0 Å². The number of hydrogen-bond acceptors (Lipinski definition) is 10. The van der Waals surface area contributed by atoms with Crippen LogP contribution in [0.15, 0.2) is 48.5 Å². The normalized spacial score (nSPS) is 10.3. The average molecular weight is 669 g/mol. The van der Waals surface area contributed by atoms with Gasteiger partial charge in [0.2, 0.25) is 0 Å². The maximum Gasteiger partial charge on any atom is 0.285 e. The zero-order valence-electron chi connectivity index (χ0n) is 23.4. The van der Waals surface area contributed by atoms with Gasteiger partial charge in [0.15, 0.2) is 0 Å². The Morgan fingerprint density at radius 2 is 1.11 bits per heavy atom. The maximum absolute atomic E-state index is 11.5. The first kappa shape index (κ1) is 43.2. The van der Waals surface area contributed by atoms with Crippen LogP contribution in [0.25, 0.3) is 0 Å². The predicted molar refractivity (Wildman–Crippen MR) is 170 cm³/mol. The molecule has 0 saturated heterocycles. The first-order valence-corrected chi connectivity index (χ1v) is 12.6. The highest BCUT2D eigenvalue weighted by atomic mass is 79.9. The van der Waals surface area contributed by atoms with Crippen molar-refractivity contribution in [3.63, 3.8) is 0 Å². The second-order valence-corrected chi connectivity index (χ2v) is 7.25. The van der Waals surface area contributed by atoms with Crippen molar-refractivity contribution in [3.05, 3.63) is 84.6 Å². The molecule has 0 bridgehead atoms. The maximum atomic E-state index is 11.5. The fraction of sp³-hybridized carbons (Fsp3) is 0.161. The van der Waals surface area contributed by atoms with Crippen molar-refractivity contribution >= 4 is 39.6 Å². The smallest absolute Gasteiger partial charge is 0.285 e. The monoisotopic (exact) mass is 667 g/mol. The number of hydrogen-bond donors (Lipinski definition) is 5. The van der Waals surface area contributed by atoms with E-state index in [9.17, 15) is 19.2 Å². The number of hydrazine groups is 1. The van der Waals surface area contributed by atoms with Crippen LogP contribution in [-0.2, 0) is 4.84 Å². The molecule has 8 N–H and O–H groups in total. The van der Waals surface area contributed by atoms with Crippen LogP contribution in [0.5, 0.6) is 0 Å². The van der Waals surface area contributed by atoms with Crippen LogP contribution in [-0.4, -0.2) is 57.1 Å². The summed E-state index contributed by atoms with van der Waals surface area (Å²) in [6.45, 7) is 10.6. The van der Waals surface area contributed by atoms with Gasteiger partial charge in [0.1, 0.15) is 6.11 Å². The molecule has 13 heteroatoms. The number of hydroxylamine groups is 2. The summed E-state index contributed by atoms with van der Waals surface area (Å²) in [5.74, 6) is 25.0. The van der Waals surface area contributed by atoms with Crippen LogP contribution in [0.1, 0.15) is 62.7 Å². The predicted octanol–water partition coefficient (Wildman–Crippen LogP) is 2.28. The summed E-state index contributed by atoms with van der Waals surface area (Å²) in [6.07, 6.45) is 2.06. The summed E-state index contributed by atoms with van der Waals surface area (Å²) >= 11 is 2.86. The number of rotatable bonds is 1. The molecule has 4 rings (SSSR count). The minimum absolute atomic E-state index is 0. The number of imide groups is 2. The molecule has 0 unspecified atom stereocenters. The number of nitrogens with two attached hydrogens (primary N) is 3. The third-order valence-corrected chi connectivity index (χ3v) is 4.62. The molecule has 2 aliphatic rings. The first-order chi connectivity index (χ1) is 20.7. The van der Waals surface area contributed by atoms with Gasteiger partial charge in [-0.15, -0.1) is 11.0 Å². The van der Waals surface area contributed by atoms with Crippen LogP contribution in [0.2, 0.25) is 0 Å². The molecule has 0 spiro atoms. The summed E-state index contributed by atoms with van der Waals surface area (Å²) in [5, 5.41) is 16.6. The van der Waals surface area contributed by atoms with E-state index < -0.39 is 11.8 Å². The number of carbonyl (C=O) groups is 4. The van der Waals surface area contributed by atoms with Crippen molar-refractivity contribution in [2.24, 2.45) is 17.6 Å². The van der Waals surface area contributed by atoms with Gasteiger partial charge in [-0.2, -0.15) is 19.7 Å². The van der Waals surface area contributed by atoms with Gasteiger partial charge in [-0.3, -0.25) is 52.8 Å². The van der Waals surface area contributed by atoms with Gasteiger partial charge >= 0.3 is 0 Å². The van der Waals surface area contributed by atoms with Crippen molar-refractivity contribution in [2.75, 3.05) is 13.2 Å². The van der Waals surface area contributed by atoms with Gasteiger partial charge < -0.3 is 9.94 Å². The Labute approximate surface area is 266 Å². The zero-order valence-corrected chi connectivity index (χ0v) is 25.0. The van der Waals surface area contributed by atoms with Crippen LogP contribution >= 0.6 is 15.9 Å². The Morgan fingerprint density at radius 1 is 0.773 bits per heavy atom. The van der Waals surface area contributed by atoms with Crippen molar-refractivity contribution in [2.45, 2.75) is 21.3 Å². The quantitative estimate of drug-likeness (QED) is 0.0750. The summed E-state index contributed by atoms with van der Waals surface area (Å²) < 4.78 is 0. The molecule has 0 fully saturated rings. The highest BCUT2D eigenvalue weighted by molar-refractivity contribution is 9.12. The lowest BCUT2D eigenvalue weighted by Crippen LogP contribution is -2.29. The SMILES string of the molecule is C.CCN1C(=O)c2ccccc2C1=O.CCO.NN.O=C1c2ccccc2C(=O)N1O.[CH2-]C#CC#CBr.[CH2-]C#CC#CON. The largest absolute Gasteiger partial charge is 0.397 e. The van der Waals surface area contributed by atoms with Gasteiger partial charge in [0, 0.05) is 29.1 Å². The Hall–Kier alpha value is -5.22. The highest BCUT2D eigenvalue weighted by Gasteiger charge is 2.34. The number of benzene rings is 2. The summed E-state index contributed by atoms with van der Waals surface area (Å²) in [6, 6.07) is 13.2. The summed E-state index contributed by atoms with van der Waals surface area (Å²) in [4.78, 5) is 52.7. The van der Waals surface area contributed by atoms with E-state index in [0.717, 1.165) is 0 Å². The molecule has 4 amide bonds. The Morgan fingerprint density at radius 3 is 1.39 bits per heavy atom. The van der Waals surface area contributed by atoms with E-state index in [1.54, 1.807) is 50.2 Å². The van der Waals surface area contributed by atoms with Crippen molar-refractivity contribution in [1.82, 2.24) is 9.96 Å². The minimum atomic E-state index is -0.657. The molecule has 0 saturated carbocycles. The molecule has 12 nitrogen and oxygen atoms in total. The van der Waals surface area contributed by atoms with E-state index in [4.69, 9.17) is 10.3 Å². The molecule has 44 heavy (non-hydrogen) atoms. The molecule has 2 heterocycles. The third-order valence-electron chi connectivity index (χ3n) is 4.43. The van der Waals surface area contributed by atoms with Crippen molar-refractivity contribution in [3.8, 4) is 46.5 Å². The van der Waals surface area contributed by atoms with E-state index in [0.29, 0.717) is 17.7 Å². The number of halogens is 1. The van der Waals surface area contributed by atoms with E-state index in [1.807, 2.05) is 0 Å². The van der Waals surface area contributed by atoms with Crippen LogP contribution < -0.4 is 17.6 Å². The number of nitrogens with zero attached hydrogens (tertiary/aromatic N) is 2.